The van der Waals surface area contributed by atoms with Gasteiger partial charge in [-0.3, -0.25) is 0 Å². The summed E-state index contributed by atoms with van der Waals surface area (Å²) in [7, 11) is 0. The van der Waals surface area contributed by atoms with Crippen LogP contribution in [0.1, 0.15) is 107 Å². The van der Waals surface area contributed by atoms with Gasteiger partial charge in [0, 0.05) is 6.08 Å². The van der Waals surface area contributed by atoms with Crippen molar-refractivity contribution >= 4 is 0 Å². The van der Waals surface area contributed by atoms with Crippen molar-refractivity contribution in [2.75, 3.05) is 0 Å². The number of rotatable bonds is 9. The van der Waals surface area contributed by atoms with Gasteiger partial charge in [-0.25, -0.2) is 0 Å². The van der Waals surface area contributed by atoms with Crippen molar-refractivity contribution in [3.8, 4) is 6.07 Å². The lowest BCUT2D eigenvalue weighted by molar-refractivity contribution is 0.225. The first-order valence-electron chi connectivity index (χ1n) is 12.4. The number of allylic oxidation sites excluding steroid dienone is 2. The Morgan fingerprint density at radius 3 is 1.93 bits per heavy atom. The quantitative estimate of drug-likeness (QED) is 0.388. The maximum atomic E-state index is 8.57. The van der Waals surface area contributed by atoms with Crippen molar-refractivity contribution < 1.29 is 0 Å². The van der Waals surface area contributed by atoms with Crippen LogP contribution < -0.4 is 0 Å². The molecule has 0 amide bonds. The van der Waals surface area contributed by atoms with Gasteiger partial charge in [0.2, 0.25) is 0 Å². The molecule has 3 rings (SSSR count). The third-order valence-electron chi connectivity index (χ3n) is 7.72. The maximum Gasteiger partial charge on any atom is 0.0908 e. The minimum atomic E-state index is 0.812. The largest absolute Gasteiger partial charge is 0.193 e. The zero-order valence-corrected chi connectivity index (χ0v) is 18.6. The molecule has 0 spiro atoms. The summed E-state index contributed by atoms with van der Waals surface area (Å²) in [5.74, 6) is 3.70. The van der Waals surface area contributed by atoms with Gasteiger partial charge in [-0.15, -0.1) is 0 Å². The Morgan fingerprint density at radius 2 is 1.38 bits per heavy atom. The Morgan fingerprint density at radius 1 is 0.828 bits per heavy atom. The van der Waals surface area contributed by atoms with Crippen LogP contribution in [0.4, 0.5) is 0 Å². The lowest BCUT2D eigenvalue weighted by atomic mass is 9.74. The Balaban J connectivity index is 1.30. The molecule has 0 radical (unpaired) electrons. The number of benzene rings is 1. The minimum absolute atomic E-state index is 0.812. The molecule has 29 heavy (non-hydrogen) atoms. The molecule has 0 saturated heterocycles. The summed E-state index contributed by atoms with van der Waals surface area (Å²) in [5, 5.41) is 8.57. The van der Waals surface area contributed by atoms with Crippen LogP contribution in [0.3, 0.4) is 0 Å². The van der Waals surface area contributed by atoms with Crippen LogP contribution in [0.5, 0.6) is 0 Å². The normalized spacial score (nSPS) is 27.7. The molecule has 158 valence electrons. The summed E-state index contributed by atoms with van der Waals surface area (Å²) >= 11 is 0. The molecule has 0 atom stereocenters. The van der Waals surface area contributed by atoms with E-state index in [1.54, 1.807) is 11.6 Å². The molecule has 1 aromatic rings. The van der Waals surface area contributed by atoms with E-state index >= 15 is 0 Å². The SMILES string of the molecule is CCCc1ccc(C2CCC(CCC3CCC(CCC=CC#N)CC3)CC2)cc1. The molecule has 0 aromatic heterocycles. The van der Waals surface area contributed by atoms with Crippen LogP contribution in [0.25, 0.3) is 0 Å². The highest BCUT2D eigenvalue weighted by molar-refractivity contribution is 5.25. The Bertz CT molecular complexity index is 634. The number of nitriles is 1. The molecule has 2 fully saturated rings. The highest BCUT2D eigenvalue weighted by Crippen LogP contribution is 2.40. The van der Waals surface area contributed by atoms with Crippen molar-refractivity contribution in [1.82, 2.24) is 0 Å². The lowest BCUT2D eigenvalue weighted by Crippen LogP contribution is -2.17. The number of aryl methyl sites for hydroxylation is 1. The van der Waals surface area contributed by atoms with E-state index in [0.717, 1.165) is 30.1 Å². The van der Waals surface area contributed by atoms with E-state index in [4.69, 9.17) is 5.26 Å². The highest BCUT2D eigenvalue weighted by atomic mass is 14.3. The number of nitrogens with zero attached hydrogens (tertiary/aromatic N) is 1. The first kappa shape index (κ1) is 22.1. The zero-order valence-electron chi connectivity index (χ0n) is 18.6. The molecule has 2 saturated carbocycles. The predicted molar refractivity (Wildman–Crippen MR) is 124 cm³/mol. The fourth-order valence-electron chi connectivity index (χ4n) is 5.78. The predicted octanol–water partition coefficient (Wildman–Crippen LogP) is 8.36. The Hall–Kier alpha value is -1.55. The van der Waals surface area contributed by atoms with Crippen molar-refractivity contribution in [2.45, 2.75) is 103 Å². The van der Waals surface area contributed by atoms with Gasteiger partial charge in [0.25, 0.3) is 0 Å². The Labute approximate surface area is 179 Å². The van der Waals surface area contributed by atoms with Crippen LogP contribution in [0, 0.1) is 29.1 Å². The second-order valence-electron chi connectivity index (χ2n) is 9.78. The first-order valence-corrected chi connectivity index (χ1v) is 12.4. The van der Waals surface area contributed by atoms with E-state index in [1.807, 2.05) is 6.08 Å². The summed E-state index contributed by atoms with van der Waals surface area (Å²) < 4.78 is 0. The van der Waals surface area contributed by atoms with Crippen molar-refractivity contribution in [3.05, 3.63) is 47.5 Å². The molecular formula is C28H41N. The highest BCUT2D eigenvalue weighted by Gasteiger charge is 2.25. The van der Waals surface area contributed by atoms with Crippen molar-refractivity contribution in [1.29, 1.82) is 5.26 Å². The molecule has 0 aliphatic heterocycles. The lowest BCUT2D eigenvalue weighted by Gasteiger charge is -2.32. The molecule has 1 heteroatoms. The second-order valence-corrected chi connectivity index (χ2v) is 9.78. The standard InChI is InChI=1S/C28H41N/c1-2-6-23-14-18-27(19-15-23)28-20-16-26(17-21-28)13-12-25-10-8-24(9-11-25)7-4-3-5-22-29/h3,5,14-15,18-19,24-26,28H,2,4,6-13,16-17,20-21H2,1H3. The van der Waals surface area contributed by atoms with Gasteiger partial charge < -0.3 is 0 Å². The third-order valence-corrected chi connectivity index (χ3v) is 7.72. The summed E-state index contributed by atoms with van der Waals surface area (Å²) in [6, 6.07) is 11.6. The summed E-state index contributed by atoms with van der Waals surface area (Å²) in [5.41, 5.74) is 3.09. The molecule has 0 bridgehead atoms. The topological polar surface area (TPSA) is 23.8 Å². The van der Waals surface area contributed by atoms with Gasteiger partial charge >= 0.3 is 0 Å². The molecule has 2 aliphatic carbocycles. The van der Waals surface area contributed by atoms with Gasteiger partial charge in [-0.1, -0.05) is 82.2 Å². The van der Waals surface area contributed by atoms with E-state index in [0.29, 0.717) is 0 Å². The molecule has 1 aromatic carbocycles. The van der Waals surface area contributed by atoms with Crippen LogP contribution in [-0.4, -0.2) is 0 Å². The summed E-state index contributed by atoms with van der Waals surface area (Å²) in [6.45, 7) is 2.26. The van der Waals surface area contributed by atoms with E-state index in [-0.39, 0.29) is 0 Å². The summed E-state index contributed by atoms with van der Waals surface area (Å²) in [4.78, 5) is 0. The number of hydrogen-bond acceptors (Lipinski definition) is 1. The smallest absolute Gasteiger partial charge is 0.0908 e. The monoisotopic (exact) mass is 391 g/mol. The first-order chi connectivity index (χ1) is 14.3. The molecule has 0 unspecified atom stereocenters. The van der Waals surface area contributed by atoms with Crippen LogP contribution in [0.2, 0.25) is 0 Å². The van der Waals surface area contributed by atoms with Crippen LogP contribution in [-0.2, 0) is 6.42 Å². The second kappa shape index (κ2) is 12.2. The van der Waals surface area contributed by atoms with E-state index in [9.17, 15) is 0 Å². The van der Waals surface area contributed by atoms with Gasteiger partial charge in [0.05, 0.1) is 6.07 Å². The fourth-order valence-corrected chi connectivity index (χ4v) is 5.78. The Kier molecular flexibility index (Phi) is 9.33. The van der Waals surface area contributed by atoms with Crippen LogP contribution >= 0.6 is 0 Å². The average molecular weight is 392 g/mol. The van der Waals surface area contributed by atoms with Crippen LogP contribution in [0.15, 0.2) is 36.4 Å². The van der Waals surface area contributed by atoms with E-state index in [2.05, 4.69) is 37.3 Å². The third kappa shape index (κ3) is 7.33. The average Bonchev–Trinajstić information content (AvgIpc) is 2.77. The number of hydrogen-bond donors (Lipinski definition) is 0. The van der Waals surface area contributed by atoms with Gasteiger partial charge in [-0.05, 0) is 79.7 Å². The molecule has 0 heterocycles. The van der Waals surface area contributed by atoms with Crippen molar-refractivity contribution in [3.63, 3.8) is 0 Å². The maximum absolute atomic E-state index is 8.57. The minimum Gasteiger partial charge on any atom is -0.193 e. The van der Waals surface area contributed by atoms with Gasteiger partial charge in [0.1, 0.15) is 0 Å². The molecule has 1 nitrogen and oxygen atoms in total. The van der Waals surface area contributed by atoms with Crippen molar-refractivity contribution in [2.24, 2.45) is 17.8 Å². The van der Waals surface area contributed by atoms with E-state index in [1.165, 1.54) is 89.0 Å². The molecular weight excluding hydrogens is 350 g/mol. The molecule has 0 N–H and O–H groups in total. The fraction of sp³-hybridized carbons (Fsp3) is 0.679. The van der Waals surface area contributed by atoms with Gasteiger partial charge in [-0.2, -0.15) is 5.26 Å². The van der Waals surface area contributed by atoms with E-state index < -0.39 is 0 Å². The molecule has 2 aliphatic rings. The van der Waals surface area contributed by atoms with Gasteiger partial charge in [0.15, 0.2) is 0 Å². The zero-order chi connectivity index (χ0) is 20.3. The summed E-state index contributed by atoms with van der Waals surface area (Å²) in [6.07, 6.45) is 22.9.